The van der Waals surface area contributed by atoms with E-state index in [1.807, 2.05) is 6.92 Å². The molecule has 0 atom stereocenters. The molecule has 1 aliphatic heterocycles. The first kappa shape index (κ1) is 21.0. The monoisotopic (exact) mass is 405 g/mol. The van der Waals surface area contributed by atoms with Gasteiger partial charge in [0.25, 0.3) is 0 Å². The molecule has 1 aliphatic rings. The number of aromatic nitrogens is 1. The largest absolute Gasteiger partial charge is 0.379 e. The highest BCUT2D eigenvalue weighted by atomic mass is 35.5. The Morgan fingerprint density at radius 2 is 2.08 bits per heavy atom. The van der Waals surface area contributed by atoms with E-state index in [0.717, 1.165) is 36.9 Å². The minimum Gasteiger partial charge on any atom is -0.379 e. The fourth-order valence-corrected chi connectivity index (χ4v) is 3.85. The third-order valence-electron chi connectivity index (χ3n) is 4.14. The number of nitrogens with zero attached hydrogens (tertiary/aromatic N) is 3. The topological polar surface area (TPSA) is 45.7 Å². The van der Waals surface area contributed by atoms with E-state index in [4.69, 9.17) is 4.74 Å². The highest BCUT2D eigenvalue weighted by molar-refractivity contribution is 7.22. The van der Waals surface area contributed by atoms with Gasteiger partial charge in [0.1, 0.15) is 11.3 Å². The van der Waals surface area contributed by atoms with Gasteiger partial charge in [0.15, 0.2) is 10.9 Å². The Kier molecular flexibility index (Phi) is 7.69. The molecule has 144 valence electrons. The Bertz CT molecular complexity index is 753. The van der Waals surface area contributed by atoms with Gasteiger partial charge in [-0.3, -0.25) is 14.6 Å². The summed E-state index contributed by atoms with van der Waals surface area (Å²) < 4.78 is 33.1. The average molecular weight is 406 g/mol. The first-order valence-corrected chi connectivity index (χ1v) is 9.26. The molecule has 0 bridgehead atoms. The molecule has 1 fully saturated rings. The predicted molar refractivity (Wildman–Crippen MR) is 101 cm³/mol. The van der Waals surface area contributed by atoms with Crippen LogP contribution >= 0.6 is 23.7 Å². The van der Waals surface area contributed by atoms with Crippen molar-refractivity contribution in [2.75, 3.05) is 44.3 Å². The maximum Gasteiger partial charge on any atom is 0.228 e. The number of ether oxygens (including phenoxy) is 1. The molecule has 0 radical (unpaired) electrons. The lowest BCUT2D eigenvalue weighted by Gasteiger charge is -2.29. The van der Waals surface area contributed by atoms with Crippen molar-refractivity contribution in [1.29, 1.82) is 0 Å². The predicted octanol–water partition coefficient (Wildman–Crippen LogP) is 3.46. The Hall–Kier alpha value is -1.35. The van der Waals surface area contributed by atoms with Crippen LogP contribution in [0.5, 0.6) is 0 Å². The molecule has 1 aromatic carbocycles. The van der Waals surface area contributed by atoms with E-state index in [2.05, 4.69) is 9.88 Å². The van der Waals surface area contributed by atoms with Gasteiger partial charge in [-0.15, -0.1) is 12.4 Å². The molecule has 2 heterocycles. The van der Waals surface area contributed by atoms with Crippen molar-refractivity contribution in [3.63, 3.8) is 0 Å². The Morgan fingerprint density at radius 3 is 2.77 bits per heavy atom. The Morgan fingerprint density at radius 1 is 1.35 bits per heavy atom. The second-order valence-corrected chi connectivity index (χ2v) is 6.99. The lowest BCUT2D eigenvalue weighted by Crippen LogP contribution is -2.43. The summed E-state index contributed by atoms with van der Waals surface area (Å²) >= 11 is 1.15. The zero-order valence-corrected chi connectivity index (χ0v) is 16.2. The molecule has 2 aromatic rings. The molecule has 0 aliphatic carbocycles. The lowest BCUT2D eigenvalue weighted by molar-refractivity contribution is -0.118. The first-order valence-electron chi connectivity index (χ1n) is 8.44. The van der Waals surface area contributed by atoms with Crippen LogP contribution in [-0.2, 0) is 9.53 Å². The van der Waals surface area contributed by atoms with Crippen LogP contribution in [0.25, 0.3) is 10.2 Å². The first-order chi connectivity index (χ1) is 12.1. The zero-order valence-electron chi connectivity index (χ0n) is 14.5. The Labute approximate surface area is 161 Å². The van der Waals surface area contributed by atoms with Crippen molar-refractivity contribution in [3.8, 4) is 0 Å². The number of amides is 1. The number of benzene rings is 1. The molecular formula is C17H22ClF2N3O2S. The lowest BCUT2D eigenvalue weighted by atomic mass is 10.3. The van der Waals surface area contributed by atoms with Crippen LogP contribution in [0.1, 0.15) is 19.8 Å². The summed E-state index contributed by atoms with van der Waals surface area (Å²) in [6.07, 6.45) is 1.12. The van der Waals surface area contributed by atoms with Gasteiger partial charge >= 0.3 is 0 Å². The highest BCUT2D eigenvalue weighted by Crippen LogP contribution is 2.31. The van der Waals surface area contributed by atoms with E-state index in [9.17, 15) is 13.6 Å². The van der Waals surface area contributed by atoms with Crippen molar-refractivity contribution in [1.82, 2.24) is 9.88 Å². The second kappa shape index (κ2) is 9.55. The molecule has 0 saturated carbocycles. The van der Waals surface area contributed by atoms with Crippen molar-refractivity contribution in [2.45, 2.75) is 19.8 Å². The molecule has 1 amide bonds. The third kappa shape index (κ3) is 4.88. The smallest absolute Gasteiger partial charge is 0.228 e. The number of fused-ring (bicyclic) bond motifs is 1. The molecular weight excluding hydrogens is 384 g/mol. The normalized spacial score (nSPS) is 15.0. The maximum absolute atomic E-state index is 13.9. The molecule has 0 spiro atoms. The summed E-state index contributed by atoms with van der Waals surface area (Å²) in [6.45, 7) is 6.15. The summed E-state index contributed by atoms with van der Waals surface area (Å²) in [6, 6.07) is 2.07. The number of thiazole rings is 1. The van der Waals surface area contributed by atoms with Crippen molar-refractivity contribution in [3.05, 3.63) is 23.8 Å². The van der Waals surface area contributed by atoms with Gasteiger partial charge in [0.05, 0.1) is 17.9 Å². The van der Waals surface area contributed by atoms with Gasteiger partial charge in [-0.05, 0) is 12.5 Å². The van der Waals surface area contributed by atoms with Crippen LogP contribution in [0, 0.1) is 11.6 Å². The van der Waals surface area contributed by atoms with E-state index in [0.29, 0.717) is 42.6 Å². The minimum atomic E-state index is -0.700. The number of hydrogen-bond donors (Lipinski definition) is 0. The van der Waals surface area contributed by atoms with Crippen LogP contribution in [0.2, 0.25) is 0 Å². The van der Waals surface area contributed by atoms with Gasteiger partial charge in [-0.25, -0.2) is 13.8 Å². The minimum absolute atomic E-state index is 0. The van der Waals surface area contributed by atoms with Gasteiger partial charge < -0.3 is 4.74 Å². The number of halogens is 3. The van der Waals surface area contributed by atoms with Gasteiger partial charge in [0.2, 0.25) is 5.91 Å². The molecule has 5 nitrogen and oxygen atoms in total. The standard InChI is InChI=1S/C17H21F2N3O2S.ClH/c1-2-3-15(23)22(5-4-21-6-8-24-9-7-21)17-20-16-13(19)10-12(18)11-14(16)25-17;/h10-11H,2-9H2,1H3;1H. The number of rotatable bonds is 6. The SMILES string of the molecule is CCCC(=O)N(CCN1CCOCC1)c1nc2c(F)cc(F)cc2s1.Cl. The van der Waals surface area contributed by atoms with E-state index >= 15 is 0 Å². The molecule has 1 aromatic heterocycles. The summed E-state index contributed by atoms with van der Waals surface area (Å²) in [5.41, 5.74) is 0.113. The van der Waals surface area contributed by atoms with Gasteiger partial charge in [0, 0.05) is 38.7 Å². The third-order valence-corrected chi connectivity index (χ3v) is 5.17. The van der Waals surface area contributed by atoms with Crippen LogP contribution in [0.3, 0.4) is 0 Å². The fourth-order valence-electron chi connectivity index (χ4n) is 2.80. The quantitative estimate of drug-likeness (QED) is 0.738. The van der Waals surface area contributed by atoms with Crippen LogP contribution in [0.4, 0.5) is 13.9 Å². The molecule has 0 unspecified atom stereocenters. The van der Waals surface area contributed by atoms with E-state index in [-0.39, 0.29) is 23.8 Å². The molecule has 0 N–H and O–H groups in total. The van der Waals surface area contributed by atoms with Crippen LogP contribution in [-0.4, -0.2) is 55.2 Å². The second-order valence-electron chi connectivity index (χ2n) is 5.98. The summed E-state index contributed by atoms with van der Waals surface area (Å²) in [5, 5.41) is 0.422. The van der Waals surface area contributed by atoms with Gasteiger partial charge in [-0.1, -0.05) is 18.3 Å². The zero-order chi connectivity index (χ0) is 17.8. The number of hydrogen-bond acceptors (Lipinski definition) is 5. The summed E-state index contributed by atoms with van der Waals surface area (Å²) in [4.78, 5) is 20.6. The van der Waals surface area contributed by atoms with Crippen LogP contribution < -0.4 is 4.90 Å². The van der Waals surface area contributed by atoms with Crippen molar-refractivity contribution in [2.24, 2.45) is 0 Å². The number of anilines is 1. The number of carbonyl (C=O) groups is 1. The molecule has 1 saturated heterocycles. The number of morpholine rings is 1. The highest BCUT2D eigenvalue weighted by Gasteiger charge is 2.22. The molecule has 9 heteroatoms. The maximum atomic E-state index is 13.9. The number of carbonyl (C=O) groups excluding carboxylic acids is 1. The van der Waals surface area contributed by atoms with E-state index in [1.165, 1.54) is 6.07 Å². The Balaban J connectivity index is 0.00000243. The van der Waals surface area contributed by atoms with E-state index < -0.39 is 11.6 Å². The fraction of sp³-hybridized carbons (Fsp3) is 0.529. The summed E-state index contributed by atoms with van der Waals surface area (Å²) in [5.74, 6) is -1.38. The molecule has 26 heavy (non-hydrogen) atoms. The van der Waals surface area contributed by atoms with Crippen molar-refractivity contribution >= 4 is 45.0 Å². The summed E-state index contributed by atoms with van der Waals surface area (Å²) in [7, 11) is 0. The average Bonchev–Trinajstić information content (AvgIpc) is 3.00. The molecule has 3 rings (SSSR count). The van der Waals surface area contributed by atoms with E-state index in [1.54, 1.807) is 4.90 Å². The van der Waals surface area contributed by atoms with Gasteiger partial charge in [-0.2, -0.15) is 0 Å². The van der Waals surface area contributed by atoms with Crippen LogP contribution in [0.15, 0.2) is 12.1 Å². The van der Waals surface area contributed by atoms with Crippen molar-refractivity contribution < 1.29 is 18.3 Å².